The summed E-state index contributed by atoms with van der Waals surface area (Å²) < 4.78 is 10.9. The second kappa shape index (κ2) is 9.01. The number of nitrogens with zero attached hydrogens (tertiary/aromatic N) is 3. The molecule has 33 heavy (non-hydrogen) atoms. The first-order valence-electron chi connectivity index (χ1n) is 10.5. The van der Waals surface area contributed by atoms with Gasteiger partial charge in [-0.15, -0.1) is 0 Å². The third-order valence-corrected chi connectivity index (χ3v) is 5.29. The predicted molar refractivity (Wildman–Crippen MR) is 129 cm³/mol. The van der Waals surface area contributed by atoms with Crippen LogP contribution in [0.15, 0.2) is 40.3 Å². The van der Waals surface area contributed by atoms with Gasteiger partial charge in [0, 0.05) is 14.1 Å². The zero-order valence-electron chi connectivity index (χ0n) is 19.8. The minimum atomic E-state index is -0.349. The zero-order valence-corrected chi connectivity index (χ0v) is 19.8. The molecule has 5 N–H and O–H groups in total. The van der Waals surface area contributed by atoms with Gasteiger partial charge in [-0.3, -0.25) is 9.79 Å². The summed E-state index contributed by atoms with van der Waals surface area (Å²) in [7, 11) is 3.22. The Balaban J connectivity index is 1.99. The first-order valence-corrected chi connectivity index (χ1v) is 10.5. The van der Waals surface area contributed by atoms with E-state index in [0.29, 0.717) is 17.1 Å². The largest absolute Gasteiger partial charge is 0.505 e. The SMILES string of the molecule is Cc1ccc(N=C(N)C(N)=N[C@@H](c2ccc3c(c2)OCO3)C(C)(C)C)c(O)c1C(=O)N(C)C. The summed E-state index contributed by atoms with van der Waals surface area (Å²) in [6.07, 6.45) is 0. The Morgan fingerprint density at radius 3 is 2.39 bits per heavy atom. The molecule has 1 amide bonds. The Labute approximate surface area is 193 Å². The number of aryl methyl sites for hydroxylation is 1. The second-order valence-electron chi connectivity index (χ2n) is 9.22. The number of carbonyl (C=O) groups is 1. The number of aromatic hydroxyl groups is 1. The Morgan fingerprint density at radius 2 is 1.76 bits per heavy atom. The van der Waals surface area contributed by atoms with Crippen molar-refractivity contribution in [1.82, 2.24) is 4.90 Å². The first kappa shape index (κ1) is 23.9. The maximum atomic E-state index is 12.5. The van der Waals surface area contributed by atoms with Gasteiger partial charge in [-0.2, -0.15) is 0 Å². The van der Waals surface area contributed by atoms with Gasteiger partial charge in [-0.05, 0) is 41.7 Å². The van der Waals surface area contributed by atoms with Crippen LogP contribution in [-0.4, -0.2) is 48.5 Å². The van der Waals surface area contributed by atoms with Crippen LogP contribution in [-0.2, 0) is 0 Å². The number of ether oxygens (including phenoxy) is 2. The van der Waals surface area contributed by atoms with Crippen molar-refractivity contribution < 1.29 is 19.4 Å². The van der Waals surface area contributed by atoms with Gasteiger partial charge in [0.25, 0.3) is 5.91 Å². The maximum absolute atomic E-state index is 12.5. The van der Waals surface area contributed by atoms with Crippen LogP contribution in [0.25, 0.3) is 0 Å². The van der Waals surface area contributed by atoms with Gasteiger partial charge in [0.2, 0.25) is 6.79 Å². The van der Waals surface area contributed by atoms with E-state index < -0.39 is 0 Å². The van der Waals surface area contributed by atoms with Crippen LogP contribution in [0.3, 0.4) is 0 Å². The summed E-state index contributed by atoms with van der Waals surface area (Å²) in [6, 6.07) is 8.56. The lowest BCUT2D eigenvalue weighted by Gasteiger charge is -2.28. The lowest BCUT2D eigenvalue weighted by atomic mass is 9.82. The number of amides is 1. The highest BCUT2D eigenvalue weighted by Gasteiger charge is 2.28. The summed E-state index contributed by atoms with van der Waals surface area (Å²) >= 11 is 0. The Hall–Kier alpha value is -3.75. The van der Waals surface area contributed by atoms with E-state index >= 15 is 0 Å². The summed E-state index contributed by atoms with van der Waals surface area (Å²) in [6.45, 7) is 8.04. The summed E-state index contributed by atoms with van der Waals surface area (Å²) in [5, 5.41) is 10.7. The molecule has 0 saturated heterocycles. The van der Waals surface area contributed by atoms with E-state index in [-0.39, 0.29) is 52.8 Å². The van der Waals surface area contributed by atoms with E-state index in [1.807, 2.05) is 39.0 Å². The molecule has 0 unspecified atom stereocenters. The lowest BCUT2D eigenvalue weighted by molar-refractivity contribution is 0.0824. The molecule has 3 rings (SSSR count). The van der Waals surface area contributed by atoms with E-state index in [1.54, 1.807) is 33.2 Å². The van der Waals surface area contributed by atoms with Crippen LogP contribution in [0.4, 0.5) is 5.69 Å². The Morgan fingerprint density at radius 1 is 1.09 bits per heavy atom. The van der Waals surface area contributed by atoms with E-state index in [0.717, 1.165) is 5.56 Å². The van der Waals surface area contributed by atoms with Crippen LogP contribution in [0.5, 0.6) is 17.2 Å². The molecule has 0 saturated carbocycles. The van der Waals surface area contributed by atoms with Crippen molar-refractivity contribution in [1.29, 1.82) is 0 Å². The molecule has 0 spiro atoms. The molecule has 1 aliphatic heterocycles. The second-order valence-corrected chi connectivity index (χ2v) is 9.22. The molecule has 2 aromatic rings. The highest BCUT2D eigenvalue weighted by molar-refractivity contribution is 6.39. The molecule has 176 valence electrons. The summed E-state index contributed by atoms with van der Waals surface area (Å²) in [4.78, 5) is 22.8. The Kier molecular flexibility index (Phi) is 6.53. The van der Waals surface area contributed by atoms with Crippen LogP contribution in [0.1, 0.15) is 48.3 Å². The predicted octanol–water partition coefficient (Wildman–Crippen LogP) is 3.26. The van der Waals surface area contributed by atoms with Gasteiger partial charge >= 0.3 is 0 Å². The monoisotopic (exact) mass is 453 g/mol. The molecule has 0 fully saturated rings. The van der Waals surface area contributed by atoms with Crippen molar-refractivity contribution in [3.8, 4) is 17.2 Å². The number of hydrogen-bond donors (Lipinski definition) is 3. The molecule has 0 bridgehead atoms. The van der Waals surface area contributed by atoms with Gasteiger partial charge in [-0.25, -0.2) is 4.99 Å². The number of fused-ring (bicyclic) bond motifs is 1. The fraction of sp³-hybridized carbons (Fsp3) is 0.375. The number of hydrogen-bond acceptors (Lipinski definition) is 6. The van der Waals surface area contributed by atoms with Crippen molar-refractivity contribution in [2.24, 2.45) is 26.9 Å². The topological polar surface area (TPSA) is 136 Å². The average molecular weight is 454 g/mol. The quantitative estimate of drug-likeness (QED) is 0.480. The zero-order chi connectivity index (χ0) is 24.5. The van der Waals surface area contributed by atoms with E-state index in [9.17, 15) is 9.90 Å². The number of rotatable bonds is 4. The number of phenols is 1. The summed E-state index contributed by atoms with van der Waals surface area (Å²) in [5.74, 6) is 0.702. The molecule has 0 radical (unpaired) electrons. The third kappa shape index (κ3) is 5.02. The molecule has 9 heteroatoms. The molecule has 2 aromatic carbocycles. The number of phenolic OH excluding ortho intramolecular Hbond substituents is 1. The van der Waals surface area contributed by atoms with Gasteiger partial charge in [0.05, 0.1) is 11.6 Å². The molecule has 1 atom stereocenters. The first-order chi connectivity index (χ1) is 15.4. The highest BCUT2D eigenvalue weighted by Crippen LogP contribution is 2.41. The number of amidine groups is 2. The number of nitrogens with two attached hydrogens (primary N) is 2. The van der Waals surface area contributed by atoms with Gasteiger partial charge in [-0.1, -0.05) is 32.9 Å². The summed E-state index contributed by atoms with van der Waals surface area (Å²) in [5.41, 5.74) is 13.9. The minimum absolute atomic E-state index is 0.0213. The number of aliphatic imine (C=N–C) groups is 2. The van der Waals surface area contributed by atoms with Crippen molar-refractivity contribution in [2.75, 3.05) is 20.9 Å². The molecule has 0 aromatic heterocycles. The molecule has 1 aliphatic rings. The van der Waals surface area contributed by atoms with E-state index in [2.05, 4.69) is 9.98 Å². The van der Waals surface area contributed by atoms with Crippen molar-refractivity contribution in [2.45, 2.75) is 33.7 Å². The van der Waals surface area contributed by atoms with Crippen LogP contribution in [0.2, 0.25) is 0 Å². The third-order valence-electron chi connectivity index (χ3n) is 5.29. The molecular formula is C24H31N5O4. The maximum Gasteiger partial charge on any atom is 0.257 e. The highest BCUT2D eigenvalue weighted by atomic mass is 16.7. The molecular weight excluding hydrogens is 422 g/mol. The molecule has 1 heterocycles. The fourth-order valence-electron chi connectivity index (χ4n) is 3.51. The molecule has 9 nitrogen and oxygen atoms in total. The van der Waals surface area contributed by atoms with E-state index in [4.69, 9.17) is 20.9 Å². The van der Waals surface area contributed by atoms with Crippen molar-refractivity contribution in [3.05, 3.63) is 47.0 Å². The van der Waals surface area contributed by atoms with E-state index in [1.165, 1.54) is 4.90 Å². The standard InChI is InChI=1S/C24H31N5O4/c1-13-7-9-15(19(30)18(13)23(31)29(5)6)27-21(25)22(26)28-20(24(2,3)4)14-8-10-16-17(11-14)33-12-32-16/h7-11,20,30H,12H2,1-6H3,(H2,25,27)(H2,26,28)/t20-/m0/s1. The van der Waals surface area contributed by atoms with Crippen LogP contribution < -0.4 is 20.9 Å². The number of benzene rings is 2. The van der Waals surface area contributed by atoms with Crippen LogP contribution in [0, 0.1) is 12.3 Å². The smallest absolute Gasteiger partial charge is 0.257 e. The fourth-order valence-corrected chi connectivity index (χ4v) is 3.51. The van der Waals surface area contributed by atoms with Gasteiger partial charge in [0.1, 0.15) is 5.69 Å². The number of carbonyl (C=O) groups excluding carboxylic acids is 1. The van der Waals surface area contributed by atoms with Crippen molar-refractivity contribution >= 4 is 23.3 Å². The lowest BCUT2D eigenvalue weighted by Crippen LogP contribution is -2.33. The normalized spacial score (nSPS) is 14.8. The van der Waals surface area contributed by atoms with Gasteiger partial charge < -0.3 is 30.9 Å². The van der Waals surface area contributed by atoms with Crippen LogP contribution >= 0.6 is 0 Å². The minimum Gasteiger partial charge on any atom is -0.505 e. The Bertz CT molecular complexity index is 1130. The van der Waals surface area contributed by atoms with Gasteiger partial charge in [0.15, 0.2) is 28.9 Å². The molecule has 0 aliphatic carbocycles. The average Bonchev–Trinajstić information content (AvgIpc) is 3.20. The van der Waals surface area contributed by atoms with Crippen molar-refractivity contribution in [3.63, 3.8) is 0 Å².